The highest BCUT2D eigenvalue weighted by Gasteiger charge is 2.19. The largest absolute Gasteiger partial charge is 0.273 e. The van der Waals surface area contributed by atoms with Gasteiger partial charge in [0, 0.05) is 28.2 Å². The van der Waals surface area contributed by atoms with E-state index in [2.05, 4.69) is 29.7 Å². The maximum Gasteiger partial charge on any atom is 0.0594 e. The molecule has 0 fully saturated rings. The second-order valence-electron chi connectivity index (χ2n) is 5.03. The Hall–Kier alpha value is -0.820. The lowest BCUT2D eigenvalue weighted by molar-refractivity contribution is 0.559. The SMILES string of the molecule is CCn1cc(CC(NN)c2cc3c(s2)CCSC3)cn1. The fraction of sp³-hybridized carbons (Fsp3) is 0.500. The third-order valence-electron chi connectivity index (χ3n) is 3.64. The van der Waals surface area contributed by atoms with Crippen LogP contribution in [0.4, 0.5) is 0 Å². The van der Waals surface area contributed by atoms with Crippen LogP contribution in [0.3, 0.4) is 0 Å². The molecule has 0 aromatic carbocycles. The van der Waals surface area contributed by atoms with Crippen molar-refractivity contribution in [1.29, 1.82) is 0 Å². The van der Waals surface area contributed by atoms with Crippen LogP contribution in [-0.4, -0.2) is 15.5 Å². The van der Waals surface area contributed by atoms with Crippen molar-refractivity contribution in [2.45, 2.75) is 38.1 Å². The number of nitrogens with zero attached hydrogens (tertiary/aromatic N) is 2. The summed E-state index contributed by atoms with van der Waals surface area (Å²) in [6.07, 6.45) is 6.14. The van der Waals surface area contributed by atoms with Crippen LogP contribution in [0.25, 0.3) is 0 Å². The topological polar surface area (TPSA) is 55.9 Å². The number of thioether (sulfide) groups is 1. The van der Waals surface area contributed by atoms with Crippen molar-refractivity contribution >= 4 is 23.1 Å². The Morgan fingerprint density at radius 3 is 3.15 bits per heavy atom. The summed E-state index contributed by atoms with van der Waals surface area (Å²) in [5.74, 6) is 8.17. The first-order valence-electron chi connectivity index (χ1n) is 6.96. The molecule has 0 aliphatic carbocycles. The number of nitrogens with one attached hydrogen (secondary N) is 1. The minimum atomic E-state index is 0.185. The summed E-state index contributed by atoms with van der Waals surface area (Å²) in [5.41, 5.74) is 5.71. The number of nitrogens with two attached hydrogens (primary N) is 1. The number of hydrogen-bond donors (Lipinski definition) is 2. The summed E-state index contributed by atoms with van der Waals surface area (Å²) in [4.78, 5) is 2.90. The Labute approximate surface area is 127 Å². The number of thiophene rings is 1. The van der Waals surface area contributed by atoms with E-state index in [9.17, 15) is 0 Å². The van der Waals surface area contributed by atoms with E-state index in [1.807, 2.05) is 34.0 Å². The van der Waals surface area contributed by atoms with Crippen LogP contribution in [-0.2, 0) is 25.1 Å². The van der Waals surface area contributed by atoms with Crippen molar-refractivity contribution in [3.63, 3.8) is 0 Å². The molecule has 0 bridgehead atoms. The summed E-state index contributed by atoms with van der Waals surface area (Å²) in [5, 5.41) is 4.33. The summed E-state index contributed by atoms with van der Waals surface area (Å²) in [6, 6.07) is 2.52. The van der Waals surface area contributed by atoms with Gasteiger partial charge in [-0.1, -0.05) is 0 Å². The lowest BCUT2D eigenvalue weighted by Crippen LogP contribution is -2.28. The average Bonchev–Trinajstić information content (AvgIpc) is 3.10. The first-order chi connectivity index (χ1) is 9.80. The molecule has 0 amide bonds. The van der Waals surface area contributed by atoms with Gasteiger partial charge in [-0.3, -0.25) is 16.0 Å². The fourth-order valence-electron chi connectivity index (χ4n) is 2.50. The zero-order valence-corrected chi connectivity index (χ0v) is 13.3. The number of hydrazine groups is 1. The monoisotopic (exact) mass is 308 g/mol. The second kappa shape index (κ2) is 6.30. The van der Waals surface area contributed by atoms with Gasteiger partial charge in [-0.05, 0) is 42.7 Å². The first kappa shape index (κ1) is 14.1. The van der Waals surface area contributed by atoms with E-state index in [0.717, 1.165) is 18.7 Å². The molecule has 2 aromatic heterocycles. The number of aryl methyl sites for hydroxylation is 2. The summed E-state index contributed by atoms with van der Waals surface area (Å²) in [7, 11) is 0. The maximum absolute atomic E-state index is 5.77. The molecule has 2 aromatic rings. The maximum atomic E-state index is 5.77. The number of hydrogen-bond acceptors (Lipinski definition) is 5. The minimum absolute atomic E-state index is 0.185. The van der Waals surface area contributed by atoms with Crippen LogP contribution in [0.15, 0.2) is 18.5 Å². The predicted octanol–water partition coefficient (Wildman–Crippen LogP) is 2.50. The van der Waals surface area contributed by atoms with Crippen molar-refractivity contribution in [3.8, 4) is 0 Å². The predicted molar refractivity (Wildman–Crippen MR) is 85.9 cm³/mol. The van der Waals surface area contributed by atoms with Gasteiger partial charge < -0.3 is 0 Å². The molecule has 0 saturated carbocycles. The first-order valence-corrected chi connectivity index (χ1v) is 8.94. The molecule has 3 heterocycles. The molecule has 1 aliphatic rings. The highest BCUT2D eigenvalue weighted by molar-refractivity contribution is 7.98. The number of rotatable bonds is 5. The lowest BCUT2D eigenvalue weighted by atomic mass is 10.1. The molecule has 108 valence electrons. The summed E-state index contributed by atoms with van der Waals surface area (Å²) >= 11 is 3.94. The molecular formula is C14H20N4S2. The van der Waals surface area contributed by atoms with Crippen LogP contribution >= 0.6 is 23.1 Å². The molecule has 6 heteroatoms. The van der Waals surface area contributed by atoms with Gasteiger partial charge in [0.25, 0.3) is 0 Å². The standard InChI is InChI=1S/C14H20N4S2/c1-2-18-8-10(7-16-18)5-12(17-15)14-6-11-9-19-4-3-13(11)20-14/h6-8,12,17H,2-5,9,15H2,1H3. The van der Waals surface area contributed by atoms with E-state index in [-0.39, 0.29) is 6.04 Å². The summed E-state index contributed by atoms with van der Waals surface area (Å²) in [6.45, 7) is 3.01. The zero-order chi connectivity index (χ0) is 13.9. The van der Waals surface area contributed by atoms with Gasteiger partial charge in [-0.25, -0.2) is 0 Å². The fourth-order valence-corrected chi connectivity index (χ4v) is 4.94. The van der Waals surface area contributed by atoms with Crippen LogP contribution < -0.4 is 11.3 Å². The lowest BCUT2D eigenvalue weighted by Gasteiger charge is -2.12. The average molecular weight is 308 g/mol. The second-order valence-corrected chi connectivity index (χ2v) is 7.30. The molecule has 0 saturated heterocycles. The van der Waals surface area contributed by atoms with Crippen molar-refractivity contribution in [1.82, 2.24) is 15.2 Å². The van der Waals surface area contributed by atoms with Gasteiger partial charge in [0.2, 0.25) is 0 Å². The van der Waals surface area contributed by atoms with Crippen molar-refractivity contribution in [2.24, 2.45) is 5.84 Å². The van der Waals surface area contributed by atoms with Crippen LogP contribution in [0.1, 0.15) is 33.8 Å². The van der Waals surface area contributed by atoms with Gasteiger partial charge in [0.05, 0.1) is 12.2 Å². The van der Waals surface area contributed by atoms with Crippen molar-refractivity contribution in [2.75, 3.05) is 5.75 Å². The van der Waals surface area contributed by atoms with Crippen LogP contribution in [0.5, 0.6) is 0 Å². The van der Waals surface area contributed by atoms with Gasteiger partial charge in [-0.15, -0.1) is 11.3 Å². The van der Waals surface area contributed by atoms with Crippen LogP contribution in [0, 0.1) is 0 Å². The van der Waals surface area contributed by atoms with E-state index in [0.29, 0.717) is 0 Å². The molecular weight excluding hydrogens is 288 g/mol. The Balaban J connectivity index is 1.77. The van der Waals surface area contributed by atoms with Crippen LogP contribution in [0.2, 0.25) is 0 Å². The highest BCUT2D eigenvalue weighted by atomic mass is 32.2. The van der Waals surface area contributed by atoms with Gasteiger partial charge >= 0.3 is 0 Å². The molecule has 4 nitrogen and oxygen atoms in total. The van der Waals surface area contributed by atoms with E-state index in [1.165, 1.54) is 28.2 Å². The van der Waals surface area contributed by atoms with E-state index in [4.69, 9.17) is 5.84 Å². The Bertz CT molecular complexity index is 552. The third kappa shape index (κ3) is 2.93. The Morgan fingerprint density at radius 2 is 2.45 bits per heavy atom. The molecule has 3 N–H and O–H groups in total. The third-order valence-corrected chi connectivity index (χ3v) is 6.00. The molecule has 0 radical (unpaired) electrons. The van der Waals surface area contributed by atoms with E-state index in [1.54, 1.807) is 4.88 Å². The van der Waals surface area contributed by atoms with Gasteiger partial charge in [0.1, 0.15) is 0 Å². The highest BCUT2D eigenvalue weighted by Crippen LogP contribution is 2.35. The van der Waals surface area contributed by atoms with Gasteiger partial charge in [0.15, 0.2) is 0 Å². The Kier molecular flexibility index (Phi) is 4.45. The summed E-state index contributed by atoms with van der Waals surface area (Å²) < 4.78 is 1.96. The van der Waals surface area contributed by atoms with Gasteiger partial charge in [-0.2, -0.15) is 16.9 Å². The molecule has 3 rings (SSSR count). The number of aromatic nitrogens is 2. The van der Waals surface area contributed by atoms with Crippen molar-refractivity contribution in [3.05, 3.63) is 39.3 Å². The van der Waals surface area contributed by atoms with E-state index >= 15 is 0 Å². The molecule has 1 unspecified atom stereocenters. The Morgan fingerprint density at radius 1 is 1.55 bits per heavy atom. The molecule has 20 heavy (non-hydrogen) atoms. The van der Waals surface area contributed by atoms with Crippen molar-refractivity contribution < 1.29 is 0 Å². The molecule has 1 atom stereocenters. The number of fused-ring (bicyclic) bond motifs is 1. The molecule has 1 aliphatic heterocycles. The zero-order valence-electron chi connectivity index (χ0n) is 11.6. The smallest absolute Gasteiger partial charge is 0.0594 e. The quantitative estimate of drug-likeness (QED) is 0.658. The normalized spacial score (nSPS) is 16.1. The van der Waals surface area contributed by atoms with E-state index < -0.39 is 0 Å². The minimum Gasteiger partial charge on any atom is -0.273 e. The molecule has 0 spiro atoms.